The molecule has 0 aliphatic heterocycles. The van der Waals surface area contributed by atoms with Crippen molar-refractivity contribution in [2.75, 3.05) is 0 Å². The van der Waals surface area contributed by atoms with E-state index in [1.807, 2.05) is 36.5 Å². The van der Waals surface area contributed by atoms with E-state index in [-0.39, 0.29) is 0 Å². The summed E-state index contributed by atoms with van der Waals surface area (Å²) in [5, 5.41) is 6.79. The zero-order chi connectivity index (χ0) is 15.7. The van der Waals surface area contributed by atoms with Crippen LogP contribution in [0.2, 0.25) is 0 Å². The maximum atomic E-state index is 4.69. The molecule has 23 heavy (non-hydrogen) atoms. The van der Waals surface area contributed by atoms with Crippen molar-refractivity contribution in [3.8, 4) is 0 Å². The minimum Gasteiger partial charge on any atom is -0.288 e. The molecule has 3 rings (SSSR count). The lowest BCUT2D eigenvalue weighted by atomic mass is 10.2. The van der Waals surface area contributed by atoms with Gasteiger partial charge in [0.25, 0.3) is 0 Å². The second kappa shape index (κ2) is 7.95. The van der Waals surface area contributed by atoms with Crippen LogP contribution in [0.1, 0.15) is 16.7 Å². The summed E-state index contributed by atoms with van der Waals surface area (Å²) in [5.41, 5.74) is 3.63. The van der Waals surface area contributed by atoms with Crippen molar-refractivity contribution in [2.24, 2.45) is 5.10 Å². The number of hydrogen-bond acceptors (Lipinski definition) is 2. The molecule has 0 radical (unpaired) electrons. The van der Waals surface area contributed by atoms with Gasteiger partial charge in [-0.3, -0.25) is 5.01 Å². The Bertz CT molecular complexity index is 680. The van der Waals surface area contributed by atoms with Crippen molar-refractivity contribution < 1.29 is 0 Å². The van der Waals surface area contributed by atoms with Crippen LogP contribution in [0.4, 0.5) is 0 Å². The summed E-state index contributed by atoms with van der Waals surface area (Å²) in [6.45, 7) is 1.58. The Hall–Kier alpha value is -2.87. The smallest absolute Gasteiger partial charge is 0.0614 e. The molecule has 0 saturated carbocycles. The van der Waals surface area contributed by atoms with Crippen LogP contribution in [0.3, 0.4) is 0 Å². The molecular formula is C21H20N2. The second-order valence-corrected chi connectivity index (χ2v) is 5.45. The van der Waals surface area contributed by atoms with Gasteiger partial charge in [-0.2, -0.15) is 5.10 Å². The third-order valence-electron chi connectivity index (χ3n) is 3.59. The average molecular weight is 300 g/mol. The number of rotatable bonds is 6. The highest BCUT2D eigenvalue weighted by atomic mass is 15.4. The summed E-state index contributed by atoms with van der Waals surface area (Å²) in [5.74, 6) is 0. The molecule has 0 fully saturated rings. The Kier molecular flexibility index (Phi) is 5.20. The van der Waals surface area contributed by atoms with Crippen LogP contribution in [0.15, 0.2) is 96.1 Å². The van der Waals surface area contributed by atoms with E-state index >= 15 is 0 Å². The summed E-state index contributed by atoms with van der Waals surface area (Å²) >= 11 is 0. The highest BCUT2D eigenvalue weighted by Crippen LogP contribution is 2.10. The van der Waals surface area contributed by atoms with Crippen molar-refractivity contribution in [3.63, 3.8) is 0 Å². The van der Waals surface area contributed by atoms with Crippen molar-refractivity contribution in [1.82, 2.24) is 5.01 Å². The standard InChI is InChI=1S/C21H20N2/c1-4-10-19(11-5-1)16-22-23(17-20-12-6-2-7-13-20)18-21-14-8-3-9-15-21/h1-16H,17-18H2. The number of hydrogen-bond donors (Lipinski definition) is 0. The van der Waals surface area contributed by atoms with Gasteiger partial charge in [-0.1, -0.05) is 91.0 Å². The third kappa shape index (κ3) is 4.82. The molecule has 0 saturated heterocycles. The summed E-state index contributed by atoms with van der Waals surface area (Å²) in [7, 11) is 0. The van der Waals surface area contributed by atoms with Crippen LogP contribution in [0, 0.1) is 0 Å². The number of hydrazone groups is 1. The molecule has 3 aromatic rings. The molecule has 0 bridgehead atoms. The quantitative estimate of drug-likeness (QED) is 0.475. The normalized spacial score (nSPS) is 10.8. The molecule has 0 spiro atoms. The predicted octanol–water partition coefficient (Wildman–Crippen LogP) is 4.72. The molecule has 0 amide bonds. The van der Waals surface area contributed by atoms with Crippen LogP contribution in [-0.4, -0.2) is 11.2 Å². The van der Waals surface area contributed by atoms with Crippen molar-refractivity contribution in [1.29, 1.82) is 0 Å². The van der Waals surface area contributed by atoms with Gasteiger partial charge >= 0.3 is 0 Å². The van der Waals surface area contributed by atoms with Crippen LogP contribution in [0.25, 0.3) is 0 Å². The van der Waals surface area contributed by atoms with Crippen molar-refractivity contribution in [2.45, 2.75) is 13.1 Å². The first kappa shape index (κ1) is 15.0. The van der Waals surface area contributed by atoms with Crippen molar-refractivity contribution >= 4 is 6.21 Å². The first-order valence-corrected chi connectivity index (χ1v) is 7.82. The Morgan fingerprint density at radius 2 is 1.04 bits per heavy atom. The first-order chi connectivity index (χ1) is 11.4. The molecule has 0 aliphatic carbocycles. The summed E-state index contributed by atoms with van der Waals surface area (Å²) in [6, 6.07) is 31.1. The van der Waals surface area contributed by atoms with Gasteiger partial charge in [-0.15, -0.1) is 0 Å². The van der Waals surface area contributed by atoms with Gasteiger partial charge in [0, 0.05) is 0 Å². The van der Waals surface area contributed by atoms with Crippen molar-refractivity contribution in [3.05, 3.63) is 108 Å². The van der Waals surface area contributed by atoms with Gasteiger partial charge in [0.15, 0.2) is 0 Å². The van der Waals surface area contributed by atoms with Gasteiger partial charge in [0.1, 0.15) is 0 Å². The third-order valence-corrected chi connectivity index (χ3v) is 3.59. The van der Waals surface area contributed by atoms with E-state index in [1.165, 1.54) is 11.1 Å². The van der Waals surface area contributed by atoms with Gasteiger partial charge in [-0.25, -0.2) is 0 Å². The van der Waals surface area contributed by atoms with Gasteiger partial charge in [-0.05, 0) is 16.7 Å². The van der Waals surface area contributed by atoms with E-state index in [4.69, 9.17) is 5.10 Å². The predicted molar refractivity (Wildman–Crippen MR) is 96.2 cm³/mol. The topological polar surface area (TPSA) is 15.6 Å². The maximum absolute atomic E-state index is 4.69. The van der Waals surface area contributed by atoms with E-state index in [0.717, 1.165) is 18.7 Å². The SMILES string of the molecule is C(=NN(Cc1ccccc1)Cc1ccccc1)c1ccccc1. The second-order valence-electron chi connectivity index (χ2n) is 5.45. The average Bonchev–Trinajstić information content (AvgIpc) is 2.62. The number of nitrogens with zero attached hydrogens (tertiary/aromatic N) is 2. The molecule has 2 nitrogen and oxygen atoms in total. The fraction of sp³-hybridized carbons (Fsp3) is 0.0952. The Morgan fingerprint density at radius 1 is 0.609 bits per heavy atom. The van der Waals surface area contributed by atoms with Crippen LogP contribution < -0.4 is 0 Å². The van der Waals surface area contributed by atoms with Crippen LogP contribution in [-0.2, 0) is 13.1 Å². The lowest BCUT2D eigenvalue weighted by Crippen LogP contribution is -2.17. The van der Waals surface area contributed by atoms with E-state index in [0.29, 0.717) is 0 Å². The van der Waals surface area contributed by atoms with Gasteiger partial charge < -0.3 is 0 Å². The first-order valence-electron chi connectivity index (χ1n) is 7.82. The molecule has 0 aliphatic rings. The lowest BCUT2D eigenvalue weighted by molar-refractivity contribution is 0.272. The summed E-state index contributed by atoms with van der Waals surface area (Å²) < 4.78 is 0. The van der Waals surface area contributed by atoms with Crippen LogP contribution in [0.5, 0.6) is 0 Å². The Balaban J connectivity index is 1.76. The minimum absolute atomic E-state index is 0.791. The summed E-state index contributed by atoms with van der Waals surface area (Å²) in [4.78, 5) is 0. The Labute approximate surface area is 137 Å². The molecular weight excluding hydrogens is 280 g/mol. The van der Waals surface area contributed by atoms with E-state index in [1.54, 1.807) is 0 Å². The fourth-order valence-electron chi connectivity index (χ4n) is 2.41. The van der Waals surface area contributed by atoms with E-state index in [2.05, 4.69) is 65.7 Å². The molecule has 2 heteroatoms. The molecule has 0 unspecified atom stereocenters. The zero-order valence-corrected chi connectivity index (χ0v) is 13.0. The highest BCUT2D eigenvalue weighted by Gasteiger charge is 2.03. The van der Waals surface area contributed by atoms with Crippen LogP contribution >= 0.6 is 0 Å². The van der Waals surface area contributed by atoms with E-state index < -0.39 is 0 Å². The zero-order valence-electron chi connectivity index (χ0n) is 13.0. The molecule has 0 atom stereocenters. The molecule has 0 heterocycles. The van der Waals surface area contributed by atoms with Gasteiger partial charge in [0.05, 0.1) is 19.3 Å². The largest absolute Gasteiger partial charge is 0.288 e. The summed E-state index contributed by atoms with van der Waals surface area (Å²) in [6.07, 6.45) is 1.92. The monoisotopic (exact) mass is 300 g/mol. The number of benzene rings is 3. The molecule has 0 N–H and O–H groups in total. The van der Waals surface area contributed by atoms with Gasteiger partial charge in [0.2, 0.25) is 0 Å². The molecule has 114 valence electrons. The lowest BCUT2D eigenvalue weighted by Gasteiger charge is -2.19. The fourth-order valence-corrected chi connectivity index (χ4v) is 2.41. The maximum Gasteiger partial charge on any atom is 0.0614 e. The Morgan fingerprint density at radius 3 is 1.52 bits per heavy atom. The molecule has 0 aromatic heterocycles. The molecule has 3 aromatic carbocycles. The van der Waals surface area contributed by atoms with E-state index in [9.17, 15) is 0 Å². The minimum atomic E-state index is 0.791. The highest BCUT2D eigenvalue weighted by molar-refractivity contribution is 5.79.